The van der Waals surface area contributed by atoms with Gasteiger partial charge >= 0.3 is 0 Å². The molecule has 3 rings (SSSR count). The summed E-state index contributed by atoms with van der Waals surface area (Å²) in [4.78, 5) is 13.4. The summed E-state index contributed by atoms with van der Waals surface area (Å²) in [5.41, 5.74) is 3.23. The number of aromatic hydroxyl groups is 1. The van der Waals surface area contributed by atoms with Crippen LogP contribution in [-0.4, -0.2) is 39.5 Å². The molecule has 0 radical (unpaired) electrons. The maximum atomic E-state index is 13.4. The molecule has 7 nitrogen and oxygen atoms in total. The van der Waals surface area contributed by atoms with Crippen LogP contribution in [0.5, 0.6) is 28.7 Å². The molecule has 0 unspecified atom stereocenters. The average molecular weight is 450 g/mol. The second kappa shape index (κ2) is 10.5. The number of rotatable bonds is 8. The number of phenolic OH excluding ortho intramolecular Hbond substituents is 1. The topological polar surface area (TPSA) is 86.3 Å². The van der Waals surface area contributed by atoms with Crippen LogP contribution in [0, 0.1) is 6.92 Å². The second-order valence-corrected chi connectivity index (χ2v) is 7.22. The zero-order chi connectivity index (χ0) is 24.0. The van der Waals surface area contributed by atoms with Crippen molar-refractivity contribution in [3.05, 3.63) is 71.3 Å². The number of methoxy groups -OCH3 is 4. The van der Waals surface area contributed by atoms with Gasteiger partial charge in [-0.05, 0) is 60.5 Å². The van der Waals surface area contributed by atoms with Gasteiger partial charge in [0.25, 0.3) is 5.91 Å². The number of carbonyl (C=O) groups excluding carboxylic acids is 1. The first-order chi connectivity index (χ1) is 15.9. The van der Waals surface area contributed by atoms with Crippen LogP contribution in [0.4, 0.5) is 5.69 Å². The highest BCUT2D eigenvalue weighted by Gasteiger charge is 2.20. The van der Waals surface area contributed by atoms with Gasteiger partial charge in [-0.2, -0.15) is 0 Å². The van der Waals surface area contributed by atoms with Crippen LogP contribution in [0.25, 0.3) is 11.6 Å². The van der Waals surface area contributed by atoms with Gasteiger partial charge in [0.2, 0.25) is 5.75 Å². The fraction of sp³-hybridized carbons (Fsp3) is 0.192. The molecule has 0 aliphatic rings. The van der Waals surface area contributed by atoms with Crippen molar-refractivity contribution >= 4 is 23.2 Å². The van der Waals surface area contributed by atoms with Gasteiger partial charge in [0, 0.05) is 11.3 Å². The molecule has 2 N–H and O–H groups in total. The summed E-state index contributed by atoms with van der Waals surface area (Å²) < 4.78 is 21.4. The number of hydrogen-bond donors (Lipinski definition) is 2. The molecule has 7 heteroatoms. The Morgan fingerprint density at radius 2 is 1.42 bits per heavy atom. The van der Waals surface area contributed by atoms with E-state index in [9.17, 15) is 9.90 Å². The first-order valence-electron chi connectivity index (χ1n) is 10.2. The van der Waals surface area contributed by atoms with Gasteiger partial charge < -0.3 is 29.4 Å². The van der Waals surface area contributed by atoms with Crippen molar-refractivity contribution in [2.45, 2.75) is 6.92 Å². The molecule has 0 aromatic heterocycles. The first kappa shape index (κ1) is 23.5. The lowest BCUT2D eigenvalue weighted by atomic mass is 10.00. The first-order valence-corrected chi connectivity index (χ1v) is 10.2. The lowest BCUT2D eigenvalue weighted by Crippen LogP contribution is -2.14. The third-order valence-corrected chi connectivity index (χ3v) is 5.04. The van der Waals surface area contributed by atoms with Crippen LogP contribution < -0.4 is 24.3 Å². The zero-order valence-electron chi connectivity index (χ0n) is 19.3. The van der Waals surface area contributed by atoms with E-state index in [2.05, 4.69) is 5.32 Å². The molecule has 0 atom stereocenters. The van der Waals surface area contributed by atoms with Gasteiger partial charge in [0.05, 0.1) is 28.4 Å². The maximum Gasteiger partial charge on any atom is 0.256 e. The minimum absolute atomic E-state index is 0.0329. The fourth-order valence-corrected chi connectivity index (χ4v) is 3.32. The van der Waals surface area contributed by atoms with Gasteiger partial charge in [0.15, 0.2) is 23.0 Å². The Bertz CT molecular complexity index is 1140. The van der Waals surface area contributed by atoms with Crippen molar-refractivity contribution < 1.29 is 28.8 Å². The number of anilines is 1. The van der Waals surface area contributed by atoms with Gasteiger partial charge in [-0.15, -0.1) is 0 Å². The third kappa shape index (κ3) is 5.38. The molecule has 0 saturated heterocycles. The van der Waals surface area contributed by atoms with Gasteiger partial charge in [-0.3, -0.25) is 4.79 Å². The monoisotopic (exact) mass is 449 g/mol. The van der Waals surface area contributed by atoms with E-state index < -0.39 is 0 Å². The highest BCUT2D eigenvalue weighted by atomic mass is 16.5. The fourth-order valence-electron chi connectivity index (χ4n) is 3.32. The molecule has 3 aromatic rings. The number of benzene rings is 3. The zero-order valence-corrected chi connectivity index (χ0v) is 19.3. The molecule has 0 aliphatic carbocycles. The normalized spacial score (nSPS) is 11.0. The summed E-state index contributed by atoms with van der Waals surface area (Å²) in [5.74, 6) is 1.21. The van der Waals surface area contributed by atoms with Crippen molar-refractivity contribution in [2.24, 2.45) is 0 Å². The van der Waals surface area contributed by atoms with Crippen molar-refractivity contribution in [1.82, 2.24) is 0 Å². The predicted octanol–water partition coefficient (Wildman–Crippen LogP) is 4.91. The summed E-state index contributed by atoms with van der Waals surface area (Å²) >= 11 is 0. The van der Waals surface area contributed by atoms with E-state index in [4.69, 9.17) is 18.9 Å². The molecule has 0 bridgehead atoms. The molecule has 0 saturated carbocycles. The Hall–Kier alpha value is -4.13. The summed E-state index contributed by atoms with van der Waals surface area (Å²) in [5, 5.41) is 13.1. The van der Waals surface area contributed by atoms with Crippen molar-refractivity contribution in [3.8, 4) is 28.7 Å². The van der Waals surface area contributed by atoms with E-state index in [1.807, 2.05) is 31.2 Å². The van der Waals surface area contributed by atoms with Gasteiger partial charge in [-0.1, -0.05) is 23.8 Å². The second-order valence-electron chi connectivity index (χ2n) is 7.22. The number of carbonyl (C=O) groups is 1. The summed E-state index contributed by atoms with van der Waals surface area (Å²) in [7, 11) is 6.01. The minimum atomic E-state index is -0.344. The number of hydrogen-bond acceptors (Lipinski definition) is 6. The molecule has 172 valence electrons. The maximum absolute atomic E-state index is 13.4. The molecule has 0 aliphatic heterocycles. The van der Waals surface area contributed by atoms with Crippen molar-refractivity contribution in [2.75, 3.05) is 33.8 Å². The summed E-state index contributed by atoms with van der Waals surface area (Å²) in [6, 6.07) is 15.8. The lowest BCUT2D eigenvalue weighted by molar-refractivity contribution is -0.111. The molecular weight excluding hydrogens is 422 g/mol. The Kier molecular flexibility index (Phi) is 7.46. The Balaban J connectivity index is 2.13. The lowest BCUT2D eigenvalue weighted by Gasteiger charge is -2.16. The van der Waals surface area contributed by atoms with Crippen LogP contribution in [0.15, 0.2) is 54.6 Å². The predicted molar refractivity (Wildman–Crippen MR) is 128 cm³/mol. The summed E-state index contributed by atoms with van der Waals surface area (Å²) in [6.07, 6.45) is 1.67. The molecule has 3 aromatic carbocycles. The number of aryl methyl sites for hydroxylation is 1. The number of phenols is 1. The molecule has 0 heterocycles. The summed E-state index contributed by atoms with van der Waals surface area (Å²) in [6.45, 7) is 1.98. The minimum Gasteiger partial charge on any atom is -0.504 e. The van der Waals surface area contributed by atoms with Crippen LogP contribution >= 0.6 is 0 Å². The molecule has 0 fully saturated rings. The average Bonchev–Trinajstić information content (AvgIpc) is 2.83. The van der Waals surface area contributed by atoms with E-state index >= 15 is 0 Å². The Labute approximate surface area is 193 Å². The van der Waals surface area contributed by atoms with Gasteiger partial charge in [0.1, 0.15) is 0 Å². The van der Waals surface area contributed by atoms with E-state index in [1.165, 1.54) is 34.5 Å². The Morgan fingerprint density at radius 3 is 1.94 bits per heavy atom. The highest BCUT2D eigenvalue weighted by molar-refractivity contribution is 6.29. The highest BCUT2D eigenvalue weighted by Crippen LogP contribution is 2.40. The molecule has 1 amide bonds. The smallest absolute Gasteiger partial charge is 0.256 e. The standard InChI is InChI=1S/C26H27NO6/c1-16-6-9-19(10-7-16)27-26(29)20(12-17-8-11-22(30-2)21(28)13-17)18-14-23(31-3)25(33-5)24(15-18)32-4/h6-15,28H,1-5H3,(H,27,29)/b20-12+. The van der Waals surface area contributed by atoms with E-state index in [-0.39, 0.29) is 11.7 Å². The van der Waals surface area contributed by atoms with Crippen LogP contribution in [0.3, 0.4) is 0 Å². The number of ether oxygens (including phenoxy) is 4. The molecule has 0 spiro atoms. The van der Waals surface area contributed by atoms with Crippen molar-refractivity contribution in [1.29, 1.82) is 0 Å². The third-order valence-electron chi connectivity index (χ3n) is 5.04. The van der Waals surface area contributed by atoms with E-state index in [0.717, 1.165) is 5.56 Å². The van der Waals surface area contributed by atoms with Crippen LogP contribution in [0.1, 0.15) is 16.7 Å². The Morgan fingerprint density at radius 1 is 0.818 bits per heavy atom. The largest absolute Gasteiger partial charge is 0.504 e. The quantitative estimate of drug-likeness (QED) is 0.375. The number of amides is 1. The van der Waals surface area contributed by atoms with Gasteiger partial charge in [-0.25, -0.2) is 0 Å². The number of nitrogens with one attached hydrogen (secondary N) is 1. The SMILES string of the molecule is COc1ccc(/C=C(/C(=O)Nc2ccc(C)cc2)c2cc(OC)c(OC)c(OC)c2)cc1O. The van der Waals surface area contributed by atoms with Crippen molar-refractivity contribution in [3.63, 3.8) is 0 Å². The van der Waals surface area contributed by atoms with E-state index in [1.54, 1.807) is 30.3 Å². The molecule has 33 heavy (non-hydrogen) atoms. The van der Waals surface area contributed by atoms with Crippen LogP contribution in [0.2, 0.25) is 0 Å². The molecular formula is C26H27NO6. The van der Waals surface area contributed by atoms with E-state index in [0.29, 0.717) is 45.4 Å². The van der Waals surface area contributed by atoms with Crippen LogP contribution in [-0.2, 0) is 4.79 Å².